The van der Waals surface area contributed by atoms with E-state index in [-0.39, 0.29) is 19.4 Å². The van der Waals surface area contributed by atoms with E-state index in [1.54, 1.807) is 20.1 Å². The summed E-state index contributed by atoms with van der Waals surface area (Å²) in [6, 6.07) is 0. The summed E-state index contributed by atoms with van der Waals surface area (Å²) < 4.78 is 22.2. The molecule has 0 heterocycles. The summed E-state index contributed by atoms with van der Waals surface area (Å²) >= 11 is 0. The zero-order chi connectivity index (χ0) is 14.8. The van der Waals surface area contributed by atoms with Crippen molar-refractivity contribution >= 4 is 19.7 Å². The molecule has 0 bridgehead atoms. The van der Waals surface area contributed by atoms with Gasteiger partial charge in [0.05, 0.1) is 13.2 Å². The second-order valence-electron chi connectivity index (χ2n) is 4.82. The number of amides is 1. The number of hydrazone groups is 1. The van der Waals surface area contributed by atoms with Crippen LogP contribution in [0.4, 0.5) is 0 Å². The lowest BCUT2D eigenvalue weighted by molar-refractivity contribution is -0.118. The molecule has 1 aliphatic rings. The van der Waals surface area contributed by atoms with Gasteiger partial charge < -0.3 is 9.05 Å². The molecule has 0 saturated heterocycles. The van der Waals surface area contributed by atoms with Crippen molar-refractivity contribution in [3.05, 3.63) is 0 Å². The van der Waals surface area contributed by atoms with Crippen LogP contribution in [0, 0.1) is 5.92 Å². The second-order valence-corrected chi connectivity index (χ2v) is 6.87. The van der Waals surface area contributed by atoms with Crippen LogP contribution in [0.3, 0.4) is 0 Å². The van der Waals surface area contributed by atoms with E-state index in [1.165, 1.54) is 19.3 Å². The van der Waals surface area contributed by atoms with Gasteiger partial charge in [-0.05, 0) is 32.6 Å². The van der Waals surface area contributed by atoms with Crippen LogP contribution in [0.1, 0.15) is 46.0 Å². The molecule has 1 saturated carbocycles. The first-order valence-corrected chi connectivity index (χ1v) is 9.02. The molecule has 1 fully saturated rings. The minimum absolute atomic E-state index is 0.246. The highest BCUT2D eigenvalue weighted by atomic mass is 31.2. The zero-order valence-corrected chi connectivity index (χ0v) is 13.2. The summed E-state index contributed by atoms with van der Waals surface area (Å²) in [6.07, 6.45) is 7.44. The maximum atomic E-state index is 12.1. The third-order valence-corrected chi connectivity index (χ3v) is 5.09. The minimum atomic E-state index is -3.33. The Balaban J connectivity index is 2.37. The Bertz CT molecular complexity index is 357. The summed E-state index contributed by atoms with van der Waals surface area (Å²) in [4.78, 5) is 11.7. The number of nitrogens with zero attached hydrogens (tertiary/aromatic N) is 1. The first kappa shape index (κ1) is 17.3. The summed E-state index contributed by atoms with van der Waals surface area (Å²) in [5.74, 6) is -0.00284. The van der Waals surface area contributed by atoms with Crippen LogP contribution in [0.25, 0.3) is 0 Å². The molecule has 0 aliphatic heterocycles. The Morgan fingerprint density at radius 2 is 1.85 bits per heavy atom. The van der Waals surface area contributed by atoms with E-state index >= 15 is 0 Å². The molecule has 6 nitrogen and oxygen atoms in total. The first-order chi connectivity index (χ1) is 9.59. The highest BCUT2D eigenvalue weighted by Gasteiger charge is 2.27. The summed E-state index contributed by atoms with van der Waals surface area (Å²) in [5.41, 5.74) is 2.40. The van der Waals surface area contributed by atoms with Gasteiger partial charge in [-0.1, -0.05) is 19.3 Å². The Kier molecular flexibility index (Phi) is 8.04. The quantitative estimate of drug-likeness (QED) is 0.425. The van der Waals surface area contributed by atoms with Gasteiger partial charge in [0.15, 0.2) is 0 Å². The summed E-state index contributed by atoms with van der Waals surface area (Å²) in [7, 11) is -3.33. The van der Waals surface area contributed by atoms with E-state index in [0.29, 0.717) is 5.92 Å². The largest absolute Gasteiger partial charge is 0.340 e. The highest BCUT2D eigenvalue weighted by Crippen LogP contribution is 2.47. The van der Waals surface area contributed by atoms with Crippen molar-refractivity contribution in [2.45, 2.75) is 46.0 Å². The third kappa shape index (κ3) is 6.64. The molecule has 0 unspecified atom stereocenters. The summed E-state index contributed by atoms with van der Waals surface area (Å²) in [5, 5.41) is 3.94. The van der Waals surface area contributed by atoms with Crippen LogP contribution in [0.5, 0.6) is 0 Å². The van der Waals surface area contributed by atoms with Crippen molar-refractivity contribution in [3.8, 4) is 0 Å². The SMILES string of the molecule is CCOP(=O)(CC(=O)N/N=C/C1CCCCC1)OCC. The number of hydrogen-bond donors (Lipinski definition) is 1. The van der Waals surface area contributed by atoms with Gasteiger partial charge >= 0.3 is 7.60 Å². The van der Waals surface area contributed by atoms with Crippen LogP contribution in [-0.4, -0.2) is 31.5 Å². The molecule has 1 N–H and O–H groups in total. The van der Waals surface area contributed by atoms with E-state index in [4.69, 9.17) is 9.05 Å². The van der Waals surface area contributed by atoms with Crippen LogP contribution in [-0.2, 0) is 18.4 Å². The lowest BCUT2D eigenvalue weighted by Gasteiger charge is -2.17. The van der Waals surface area contributed by atoms with Gasteiger partial charge in [-0.2, -0.15) is 5.10 Å². The molecule has 0 atom stereocenters. The van der Waals surface area contributed by atoms with Crippen molar-refractivity contribution in [3.63, 3.8) is 0 Å². The van der Waals surface area contributed by atoms with Crippen LogP contribution in [0.2, 0.25) is 0 Å². The van der Waals surface area contributed by atoms with E-state index in [0.717, 1.165) is 12.8 Å². The maximum absolute atomic E-state index is 12.1. The number of carbonyl (C=O) groups excluding carboxylic acids is 1. The maximum Gasteiger partial charge on any atom is 0.340 e. The minimum Gasteiger partial charge on any atom is -0.309 e. The lowest BCUT2D eigenvalue weighted by atomic mass is 9.90. The average molecular weight is 304 g/mol. The molecule has 1 amide bonds. The molecular weight excluding hydrogens is 279 g/mol. The molecule has 7 heteroatoms. The molecule has 0 aromatic rings. The van der Waals surface area contributed by atoms with E-state index in [2.05, 4.69) is 10.5 Å². The molecule has 0 spiro atoms. The second kappa shape index (κ2) is 9.27. The van der Waals surface area contributed by atoms with Gasteiger partial charge in [0.2, 0.25) is 0 Å². The molecule has 0 aromatic heterocycles. The zero-order valence-electron chi connectivity index (χ0n) is 12.3. The summed E-state index contributed by atoms with van der Waals surface area (Å²) in [6.45, 7) is 3.92. The number of nitrogens with one attached hydrogen (secondary N) is 1. The molecule has 116 valence electrons. The van der Waals surface area contributed by atoms with Crippen LogP contribution >= 0.6 is 7.60 Å². The smallest absolute Gasteiger partial charge is 0.309 e. The van der Waals surface area contributed by atoms with Gasteiger partial charge in [0, 0.05) is 6.21 Å². The topological polar surface area (TPSA) is 77.0 Å². The van der Waals surface area contributed by atoms with Gasteiger partial charge in [0.25, 0.3) is 5.91 Å². The Labute approximate surface area is 120 Å². The molecule has 1 aliphatic carbocycles. The fourth-order valence-corrected chi connectivity index (χ4v) is 3.70. The van der Waals surface area contributed by atoms with Gasteiger partial charge in [0.1, 0.15) is 6.16 Å². The van der Waals surface area contributed by atoms with Crippen molar-refractivity contribution < 1.29 is 18.4 Å². The normalized spacial score (nSPS) is 17.5. The first-order valence-electron chi connectivity index (χ1n) is 7.29. The lowest BCUT2D eigenvalue weighted by Crippen LogP contribution is -2.23. The average Bonchev–Trinajstić information content (AvgIpc) is 2.40. The number of rotatable bonds is 8. The number of carbonyl (C=O) groups is 1. The Morgan fingerprint density at radius 1 is 1.25 bits per heavy atom. The standard InChI is InChI=1S/C13H25N2O4P/c1-3-18-20(17,19-4-2)11-13(16)15-14-10-12-8-6-5-7-9-12/h10,12H,3-9,11H2,1-2H3,(H,15,16)/b14-10+. The van der Waals surface area contributed by atoms with Crippen molar-refractivity contribution in [2.24, 2.45) is 11.0 Å². The number of hydrogen-bond acceptors (Lipinski definition) is 5. The monoisotopic (exact) mass is 304 g/mol. The van der Waals surface area contributed by atoms with E-state index in [1.807, 2.05) is 0 Å². The molecule has 20 heavy (non-hydrogen) atoms. The molecule has 1 rings (SSSR count). The Morgan fingerprint density at radius 3 is 2.40 bits per heavy atom. The van der Waals surface area contributed by atoms with Crippen molar-refractivity contribution in [1.82, 2.24) is 5.43 Å². The molecule has 0 aromatic carbocycles. The van der Waals surface area contributed by atoms with Crippen molar-refractivity contribution in [1.29, 1.82) is 0 Å². The van der Waals surface area contributed by atoms with E-state index < -0.39 is 13.5 Å². The van der Waals surface area contributed by atoms with Crippen LogP contribution < -0.4 is 5.43 Å². The highest BCUT2D eigenvalue weighted by molar-refractivity contribution is 7.54. The predicted octanol–water partition coefficient (Wildman–Crippen LogP) is 2.93. The van der Waals surface area contributed by atoms with Gasteiger partial charge in [-0.25, -0.2) is 5.43 Å². The van der Waals surface area contributed by atoms with Gasteiger partial charge in [-0.3, -0.25) is 9.36 Å². The van der Waals surface area contributed by atoms with Crippen LogP contribution in [0.15, 0.2) is 5.10 Å². The molecular formula is C13H25N2O4P. The third-order valence-electron chi connectivity index (χ3n) is 3.11. The van der Waals surface area contributed by atoms with Gasteiger partial charge in [-0.15, -0.1) is 0 Å². The predicted molar refractivity (Wildman–Crippen MR) is 78.9 cm³/mol. The fourth-order valence-electron chi connectivity index (χ4n) is 2.23. The fraction of sp³-hybridized carbons (Fsp3) is 0.846. The molecule has 0 radical (unpaired) electrons. The van der Waals surface area contributed by atoms with Crippen molar-refractivity contribution in [2.75, 3.05) is 19.4 Å². The Hall–Kier alpha value is -0.710. The van der Waals surface area contributed by atoms with E-state index in [9.17, 15) is 9.36 Å².